The first-order valence-electron chi connectivity index (χ1n) is 6.45. The zero-order valence-electron chi connectivity index (χ0n) is 11.6. The van der Waals surface area contributed by atoms with Crippen LogP contribution in [0.5, 0.6) is 0 Å². The van der Waals surface area contributed by atoms with Crippen LogP contribution in [-0.4, -0.2) is 6.26 Å². The maximum absolute atomic E-state index is 6.64. The van der Waals surface area contributed by atoms with Crippen LogP contribution in [0.3, 0.4) is 0 Å². The van der Waals surface area contributed by atoms with Crippen molar-refractivity contribution >= 4 is 23.4 Å². The molecule has 100 valence electrons. The number of alkyl halides is 1. The number of benzene rings is 2. The van der Waals surface area contributed by atoms with Crippen LogP contribution < -0.4 is 0 Å². The van der Waals surface area contributed by atoms with Crippen LogP contribution in [-0.2, 0) is 6.42 Å². The standard InChI is InChI=1S/C17H19ClS/c1-12-8-9-13(2)14(10-12)11-16(18)15-6-4-5-7-17(15)19-3/h4-10,16H,11H2,1-3H3. The molecule has 0 bridgehead atoms. The van der Waals surface area contributed by atoms with E-state index in [0.29, 0.717) is 0 Å². The van der Waals surface area contributed by atoms with Crippen molar-refractivity contribution in [1.29, 1.82) is 0 Å². The van der Waals surface area contributed by atoms with Crippen LogP contribution >= 0.6 is 23.4 Å². The summed E-state index contributed by atoms with van der Waals surface area (Å²) in [7, 11) is 0. The van der Waals surface area contributed by atoms with Gasteiger partial charge in [0.25, 0.3) is 0 Å². The fraction of sp³-hybridized carbons (Fsp3) is 0.294. The van der Waals surface area contributed by atoms with Crippen molar-refractivity contribution in [3.8, 4) is 0 Å². The zero-order valence-corrected chi connectivity index (χ0v) is 13.2. The van der Waals surface area contributed by atoms with Crippen LogP contribution in [0.15, 0.2) is 47.4 Å². The van der Waals surface area contributed by atoms with Gasteiger partial charge in [-0.25, -0.2) is 0 Å². The summed E-state index contributed by atoms with van der Waals surface area (Å²) in [4.78, 5) is 1.27. The van der Waals surface area contributed by atoms with Crippen molar-refractivity contribution in [3.63, 3.8) is 0 Å². The minimum atomic E-state index is 0.0316. The van der Waals surface area contributed by atoms with Gasteiger partial charge in [-0.2, -0.15) is 0 Å². The number of hydrogen-bond acceptors (Lipinski definition) is 1. The Balaban J connectivity index is 2.25. The van der Waals surface area contributed by atoms with Crippen LogP contribution in [0.4, 0.5) is 0 Å². The largest absolute Gasteiger partial charge is 0.129 e. The third kappa shape index (κ3) is 3.55. The van der Waals surface area contributed by atoms with Gasteiger partial charge in [-0.05, 0) is 49.3 Å². The zero-order chi connectivity index (χ0) is 13.8. The molecule has 0 aromatic heterocycles. The van der Waals surface area contributed by atoms with Crippen molar-refractivity contribution in [2.45, 2.75) is 30.5 Å². The van der Waals surface area contributed by atoms with E-state index in [1.165, 1.54) is 27.1 Å². The fourth-order valence-electron chi connectivity index (χ4n) is 2.25. The molecule has 2 aromatic rings. The van der Waals surface area contributed by atoms with E-state index in [1.807, 2.05) is 0 Å². The van der Waals surface area contributed by atoms with Gasteiger partial charge in [0.15, 0.2) is 0 Å². The Kier molecular flexibility index (Phi) is 4.95. The molecule has 0 aliphatic carbocycles. The van der Waals surface area contributed by atoms with E-state index in [-0.39, 0.29) is 5.38 Å². The molecule has 0 radical (unpaired) electrons. The summed E-state index contributed by atoms with van der Waals surface area (Å²) >= 11 is 8.39. The molecule has 0 spiro atoms. The Bertz CT molecular complexity index is 563. The maximum Gasteiger partial charge on any atom is 0.0636 e. The first kappa shape index (κ1) is 14.5. The van der Waals surface area contributed by atoms with Crippen molar-refractivity contribution < 1.29 is 0 Å². The fourth-order valence-corrected chi connectivity index (χ4v) is 3.33. The minimum absolute atomic E-state index is 0.0316. The van der Waals surface area contributed by atoms with Crippen LogP contribution in [0.1, 0.15) is 27.6 Å². The molecular formula is C17H19ClS. The molecule has 0 aliphatic heterocycles. The summed E-state index contributed by atoms with van der Waals surface area (Å²) in [6, 6.07) is 15.0. The molecule has 0 nitrogen and oxygen atoms in total. The lowest BCUT2D eigenvalue weighted by Crippen LogP contribution is -2.00. The van der Waals surface area contributed by atoms with Crippen LogP contribution in [0.2, 0.25) is 0 Å². The molecule has 2 aromatic carbocycles. The third-order valence-electron chi connectivity index (χ3n) is 3.38. The van der Waals surface area contributed by atoms with Gasteiger partial charge in [0.05, 0.1) is 5.38 Å². The molecule has 0 saturated carbocycles. The molecule has 1 unspecified atom stereocenters. The van der Waals surface area contributed by atoms with Gasteiger partial charge in [-0.3, -0.25) is 0 Å². The minimum Gasteiger partial charge on any atom is -0.129 e. The second-order valence-corrected chi connectivity index (χ2v) is 6.22. The number of aryl methyl sites for hydroxylation is 2. The highest BCUT2D eigenvalue weighted by Crippen LogP contribution is 2.33. The van der Waals surface area contributed by atoms with Gasteiger partial charge < -0.3 is 0 Å². The van der Waals surface area contributed by atoms with E-state index in [9.17, 15) is 0 Å². The molecule has 0 saturated heterocycles. The lowest BCUT2D eigenvalue weighted by molar-refractivity contribution is 0.888. The Hall–Kier alpha value is -0.920. The van der Waals surface area contributed by atoms with E-state index >= 15 is 0 Å². The second kappa shape index (κ2) is 6.49. The van der Waals surface area contributed by atoms with E-state index in [1.54, 1.807) is 11.8 Å². The average Bonchev–Trinajstić information content (AvgIpc) is 2.42. The highest BCUT2D eigenvalue weighted by Gasteiger charge is 2.13. The van der Waals surface area contributed by atoms with Crippen LogP contribution in [0.25, 0.3) is 0 Å². The third-order valence-corrected chi connectivity index (χ3v) is 4.58. The topological polar surface area (TPSA) is 0 Å². The highest BCUT2D eigenvalue weighted by atomic mass is 35.5. The quantitative estimate of drug-likeness (QED) is 0.525. The second-order valence-electron chi connectivity index (χ2n) is 4.84. The summed E-state index contributed by atoms with van der Waals surface area (Å²) in [5.74, 6) is 0. The predicted octanol–water partition coefficient (Wildman–Crippen LogP) is 5.55. The lowest BCUT2D eigenvalue weighted by atomic mass is 9.98. The Morgan fingerprint density at radius 3 is 2.58 bits per heavy atom. The molecule has 0 heterocycles. The van der Waals surface area contributed by atoms with Crippen molar-refractivity contribution in [2.75, 3.05) is 6.26 Å². The molecular weight excluding hydrogens is 272 g/mol. The lowest BCUT2D eigenvalue weighted by Gasteiger charge is -2.15. The summed E-state index contributed by atoms with van der Waals surface area (Å²) in [6.07, 6.45) is 2.98. The molecule has 2 rings (SSSR count). The number of hydrogen-bond donors (Lipinski definition) is 0. The number of thioether (sulfide) groups is 1. The van der Waals surface area contributed by atoms with Gasteiger partial charge in [0, 0.05) is 4.90 Å². The number of rotatable bonds is 4. The maximum atomic E-state index is 6.64. The molecule has 0 fully saturated rings. The van der Waals surface area contributed by atoms with Gasteiger partial charge in [-0.15, -0.1) is 23.4 Å². The van der Waals surface area contributed by atoms with E-state index in [0.717, 1.165) is 6.42 Å². The molecule has 2 heteroatoms. The Morgan fingerprint density at radius 2 is 1.84 bits per heavy atom. The van der Waals surface area contributed by atoms with E-state index < -0.39 is 0 Å². The smallest absolute Gasteiger partial charge is 0.0636 e. The van der Waals surface area contributed by atoms with Crippen molar-refractivity contribution in [1.82, 2.24) is 0 Å². The van der Waals surface area contributed by atoms with Gasteiger partial charge in [-0.1, -0.05) is 42.0 Å². The van der Waals surface area contributed by atoms with Crippen molar-refractivity contribution in [2.24, 2.45) is 0 Å². The molecule has 0 aliphatic rings. The normalized spacial score (nSPS) is 12.4. The average molecular weight is 291 g/mol. The first-order valence-corrected chi connectivity index (χ1v) is 8.11. The summed E-state index contributed by atoms with van der Waals surface area (Å²) in [6.45, 7) is 4.28. The molecule has 0 amide bonds. The van der Waals surface area contributed by atoms with E-state index in [4.69, 9.17) is 11.6 Å². The van der Waals surface area contributed by atoms with Gasteiger partial charge >= 0.3 is 0 Å². The molecule has 19 heavy (non-hydrogen) atoms. The summed E-state index contributed by atoms with van der Waals surface area (Å²) in [5.41, 5.74) is 5.19. The van der Waals surface area contributed by atoms with Crippen LogP contribution in [0, 0.1) is 13.8 Å². The monoisotopic (exact) mass is 290 g/mol. The first-order chi connectivity index (χ1) is 9.11. The van der Waals surface area contributed by atoms with Gasteiger partial charge in [0.2, 0.25) is 0 Å². The Labute approximate surface area is 125 Å². The predicted molar refractivity (Wildman–Crippen MR) is 86.4 cm³/mol. The Morgan fingerprint density at radius 1 is 1.11 bits per heavy atom. The summed E-state index contributed by atoms with van der Waals surface area (Å²) < 4.78 is 0. The van der Waals surface area contributed by atoms with Crippen molar-refractivity contribution in [3.05, 3.63) is 64.7 Å². The summed E-state index contributed by atoms with van der Waals surface area (Å²) in [5, 5.41) is 0.0316. The molecule has 0 N–H and O–H groups in total. The SMILES string of the molecule is CSc1ccccc1C(Cl)Cc1cc(C)ccc1C. The van der Waals surface area contributed by atoms with E-state index in [2.05, 4.69) is 62.6 Å². The highest BCUT2D eigenvalue weighted by molar-refractivity contribution is 7.98. The number of halogens is 1. The molecule has 1 atom stereocenters. The van der Waals surface area contributed by atoms with Gasteiger partial charge in [0.1, 0.15) is 0 Å².